The van der Waals surface area contributed by atoms with Crippen LogP contribution in [0.2, 0.25) is 0 Å². The van der Waals surface area contributed by atoms with Crippen molar-refractivity contribution in [2.24, 2.45) is 0 Å². The SMILES string of the molecule is CC(C)(CNC(=O)[C@@H]1CC[C@H](C(=O)O)O1)c1ccc(C(F)(F)F)cc1. The number of benzene rings is 1. The van der Waals surface area contributed by atoms with E-state index >= 15 is 0 Å². The van der Waals surface area contributed by atoms with Gasteiger partial charge in [-0.2, -0.15) is 13.2 Å². The van der Waals surface area contributed by atoms with Gasteiger partial charge >= 0.3 is 12.1 Å². The second-order valence-corrected chi connectivity index (χ2v) is 6.71. The van der Waals surface area contributed by atoms with E-state index in [-0.39, 0.29) is 13.0 Å². The smallest absolute Gasteiger partial charge is 0.416 e. The molecule has 8 heteroatoms. The van der Waals surface area contributed by atoms with Crippen LogP contribution in [-0.2, 0) is 25.9 Å². The molecule has 0 aliphatic carbocycles. The summed E-state index contributed by atoms with van der Waals surface area (Å²) in [7, 11) is 0. The Morgan fingerprint density at radius 2 is 1.64 bits per heavy atom. The molecule has 0 unspecified atom stereocenters. The largest absolute Gasteiger partial charge is 0.479 e. The number of carbonyl (C=O) groups excluding carboxylic acids is 1. The van der Waals surface area contributed by atoms with Crippen LogP contribution in [0.3, 0.4) is 0 Å². The number of amides is 1. The molecule has 2 rings (SSSR count). The molecule has 1 saturated heterocycles. The van der Waals surface area contributed by atoms with Crippen molar-refractivity contribution in [3.05, 3.63) is 35.4 Å². The van der Waals surface area contributed by atoms with E-state index in [4.69, 9.17) is 9.84 Å². The van der Waals surface area contributed by atoms with Gasteiger partial charge in [0, 0.05) is 12.0 Å². The van der Waals surface area contributed by atoms with Crippen LogP contribution >= 0.6 is 0 Å². The molecule has 1 heterocycles. The van der Waals surface area contributed by atoms with Gasteiger partial charge in [-0.05, 0) is 30.5 Å². The molecule has 1 aromatic carbocycles. The lowest BCUT2D eigenvalue weighted by Crippen LogP contribution is -2.42. The standard InChI is InChI=1S/C17H20F3NO4/c1-16(2,10-3-5-11(6-4-10)17(18,19)20)9-21-14(22)12-7-8-13(25-12)15(23)24/h3-6,12-13H,7-9H2,1-2H3,(H,21,22)(H,23,24)/t12-,13+/m0/s1. The number of carboxylic acids is 1. The predicted molar refractivity (Wildman–Crippen MR) is 83.0 cm³/mol. The molecular weight excluding hydrogens is 339 g/mol. The highest BCUT2D eigenvalue weighted by atomic mass is 19.4. The van der Waals surface area contributed by atoms with Crippen LogP contribution in [0.1, 0.15) is 37.8 Å². The van der Waals surface area contributed by atoms with E-state index in [0.29, 0.717) is 12.0 Å². The van der Waals surface area contributed by atoms with Gasteiger partial charge in [-0.3, -0.25) is 4.79 Å². The van der Waals surface area contributed by atoms with Crippen LogP contribution in [0.25, 0.3) is 0 Å². The quantitative estimate of drug-likeness (QED) is 0.848. The minimum Gasteiger partial charge on any atom is -0.479 e. The van der Waals surface area contributed by atoms with E-state index in [9.17, 15) is 22.8 Å². The van der Waals surface area contributed by atoms with Crippen LogP contribution < -0.4 is 5.32 Å². The third-order valence-electron chi connectivity index (χ3n) is 4.29. The van der Waals surface area contributed by atoms with Crippen molar-refractivity contribution in [3.63, 3.8) is 0 Å². The first-order valence-corrected chi connectivity index (χ1v) is 7.84. The van der Waals surface area contributed by atoms with Gasteiger partial charge in [0.25, 0.3) is 0 Å². The van der Waals surface area contributed by atoms with Gasteiger partial charge in [0.15, 0.2) is 6.10 Å². The maximum absolute atomic E-state index is 12.6. The van der Waals surface area contributed by atoms with Crippen LogP contribution in [-0.4, -0.2) is 35.7 Å². The van der Waals surface area contributed by atoms with Gasteiger partial charge in [0.05, 0.1) is 5.56 Å². The van der Waals surface area contributed by atoms with Gasteiger partial charge in [0.1, 0.15) is 6.10 Å². The first kappa shape index (κ1) is 19.2. The molecule has 25 heavy (non-hydrogen) atoms. The Bertz CT molecular complexity index is 640. The molecule has 0 spiro atoms. The van der Waals surface area contributed by atoms with Gasteiger partial charge < -0.3 is 15.2 Å². The Morgan fingerprint density at radius 1 is 1.12 bits per heavy atom. The van der Waals surface area contributed by atoms with Crippen molar-refractivity contribution in [2.75, 3.05) is 6.54 Å². The van der Waals surface area contributed by atoms with Crippen molar-refractivity contribution in [1.29, 1.82) is 0 Å². The van der Waals surface area contributed by atoms with E-state index in [1.807, 2.05) is 0 Å². The number of ether oxygens (including phenoxy) is 1. The molecule has 1 amide bonds. The highest BCUT2D eigenvalue weighted by molar-refractivity contribution is 5.82. The van der Waals surface area contributed by atoms with E-state index in [1.54, 1.807) is 13.8 Å². The summed E-state index contributed by atoms with van der Waals surface area (Å²) in [6.07, 6.45) is -5.58. The van der Waals surface area contributed by atoms with Crippen molar-refractivity contribution in [1.82, 2.24) is 5.32 Å². The molecule has 2 N–H and O–H groups in total. The summed E-state index contributed by atoms with van der Waals surface area (Å²) < 4.78 is 43.0. The summed E-state index contributed by atoms with van der Waals surface area (Å²) in [5.41, 5.74) is -0.670. The average molecular weight is 359 g/mol. The van der Waals surface area contributed by atoms with Gasteiger partial charge in [-0.15, -0.1) is 0 Å². The summed E-state index contributed by atoms with van der Waals surface area (Å²) in [4.78, 5) is 22.9. The Morgan fingerprint density at radius 3 is 2.12 bits per heavy atom. The molecule has 0 saturated carbocycles. The fourth-order valence-corrected chi connectivity index (χ4v) is 2.65. The van der Waals surface area contributed by atoms with E-state index in [0.717, 1.165) is 12.1 Å². The number of carboxylic acid groups (broad SMARTS) is 1. The highest BCUT2D eigenvalue weighted by Gasteiger charge is 2.35. The van der Waals surface area contributed by atoms with Crippen molar-refractivity contribution in [2.45, 2.75) is 50.5 Å². The summed E-state index contributed by atoms with van der Waals surface area (Å²) >= 11 is 0. The summed E-state index contributed by atoms with van der Waals surface area (Å²) in [5.74, 6) is -1.51. The highest BCUT2D eigenvalue weighted by Crippen LogP contribution is 2.31. The third kappa shape index (κ3) is 4.72. The molecule has 1 aromatic rings. The number of nitrogens with one attached hydrogen (secondary N) is 1. The lowest BCUT2D eigenvalue weighted by Gasteiger charge is -2.26. The van der Waals surface area contributed by atoms with Crippen LogP contribution in [0, 0.1) is 0 Å². The molecular formula is C17H20F3NO4. The average Bonchev–Trinajstić information content (AvgIpc) is 3.02. The number of halogens is 3. The maximum Gasteiger partial charge on any atom is 0.416 e. The van der Waals surface area contributed by atoms with Gasteiger partial charge in [0.2, 0.25) is 5.91 Å². The normalized spacial score (nSPS) is 21.2. The number of hydrogen-bond donors (Lipinski definition) is 2. The lowest BCUT2D eigenvalue weighted by atomic mass is 9.84. The van der Waals surface area contributed by atoms with Gasteiger partial charge in [-0.25, -0.2) is 4.79 Å². The summed E-state index contributed by atoms with van der Waals surface area (Å²) in [6.45, 7) is 3.78. The number of aliphatic carboxylic acids is 1. The molecule has 5 nitrogen and oxygen atoms in total. The van der Waals surface area contributed by atoms with Crippen LogP contribution in [0.4, 0.5) is 13.2 Å². The minimum absolute atomic E-state index is 0.189. The zero-order chi connectivity index (χ0) is 18.8. The fourth-order valence-electron chi connectivity index (χ4n) is 2.65. The molecule has 138 valence electrons. The zero-order valence-electron chi connectivity index (χ0n) is 13.9. The molecule has 0 bridgehead atoms. The number of alkyl halides is 3. The first-order valence-electron chi connectivity index (χ1n) is 7.84. The van der Waals surface area contributed by atoms with Crippen LogP contribution in [0.15, 0.2) is 24.3 Å². The van der Waals surface area contributed by atoms with Gasteiger partial charge in [-0.1, -0.05) is 26.0 Å². The second kappa shape index (κ2) is 7.03. The van der Waals surface area contributed by atoms with E-state index < -0.39 is 41.2 Å². The lowest BCUT2D eigenvalue weighted by molar-refractivity contribution is -0.151. The third-order valence-corrected chi connectivity index (χ3v) is 4.29. The Balaban J connectivity index is 1.95. The Hall–Kier alpha value is -2.09. The minimum atomic E-state index is -4.39. The molecule has 0 aromatic heterocycles. The summed E-state index contributed by atoms with van der Waals surface area (Å²) in [6, 6.07) is 4.80. The summed E-state index contributed by atoms with van der Waals surface area (Å²) in [5, 5.41) is 11.6. The number of rotatable bonds is 5. The molecule has 0 radical (unpaired) electrons. The van der Waals surface area contributed by atoms with Crippen molar-refractivity contribution >= 4 is 11.9 Å². The van der Waals surface area contributed by atoms with E-state index in [2.05, 4.69) is 5.32 Å². The van der Waals surface area contributed by atoms with Crippen molar-refractivity contribution in [3.8, 4) is 0 Å². The van der Waals surface area contributed by atoms with E-state index in [1.165, 1.54) is 12.1 Å². The Kier molecular flexibility index (Phi) is 5.41. The Labute approximate surface area is 143 Å². The number of hydrogen-bond acceptors (Lipinski definition) is 3. The number of carbonyl (C=O) groups is 2. The molecule has 1 fully saturated rings. The van der Waals surface area contributed by atoms with Crippen molar-refractivity contribution < 1.29 is 32.6 Å². The zero-order valence-corrected chi connectivity index (χ0v) is 13.9. The predicted octanol–water partition coefficient (Wildman–Crippen LogP) is 2.73. The first-order chi connectivity index (χ1) is 11.5. The molecule has 1 aliphatic rings. The molecule has 2 atom stereocenters. The second-order valence-electron chi connectivity index (χ2n) is 6.71. The monoisotopic (exact) mass is 359 g/mol. The maximum atomic E-state index is 12.6. The topological polar surface area (TPSA) is 75.6 Å². The molecule has 1 aliphatic heterocycles. The van der Waals surface area contributed by atoms with Crippen LogP contribution in [0.5, 0.6) is 0 Å². The fraction of sp³-hybridized carbons (Fsp3) is 0.529.